The standard InChI is InChI=1S/C17H26ClNO2/c1-3-5-7-14(6-4-2)19-12-13-10-15(18)17-16(11-13)20-8-9-21-17/h10-11,14,19H,3-9,12H2,1-2H3. The molecule has 1 N–H and O–H groups in total. The van der Waals surface area contributed by atoms with Crippen molar-refractivity contribution < 1.29 is 9.47 Å². The van der Waals surface area contributed by atoms with Gasteiger partial charge in [0.05, 0.1) is 5.02 Å². The minimum absolute atomic E-state index is 0.569. The van der Waals surface area contributed by atoms with Crippen LogP contribution in [0.2, 0.25) is 5.02 Å². The maximum Gasteiger partial charge on any atom is 0.179 e. The largest absolute Gasteiger partial charge is 0.486 e. The highest BCUT2D eigenvalue weighted by atomic mass is 35.5. The number of unbranched alkanes of at least 4 members (excludes halogenated alkanes) is 1. The summed E-state index contributed by atoms with van der Waals surface area (Å²) < 4.78 is 11.2. The van der Waals surface area contributed by atoms with E-state index in [1.165, 1.54) is 32.1 Å². The van der Waals surface area contributed by atoms with Crippen LogP contribution in [-0.2, 0) is 6.54 Å². The second kappa shape index (κ2) is 8.50. The number of nitrogens with one attached hydrogen (secondary N) is 1. The van der Waals surface area contributed by atoms with Gasteiger partial charge in [0.2, 0.25) is 0 Å². The summed E-state index contributed by atoms with van der Waals surface area (Å²) in [6.07, 6.45) is 6.20. The molecule has 0 aliphatic carbocycles. The molecule has 1 aliphatic heterocycles. The highest BCUT2D eigenvalue weighted by Gasteiger charge is 2.17. The van der Waals surface area contributed by atoms with Gasteiger partial charge in [-0.2, -0.15) is 0 Å². The Balaban J connectivity index is 1.97. The zero-order valence-corrected chi connectivity index (χ0v) is 13.8. The summed E-state index contributed by atoms with van der Waals surface area (Å²) in [4.78, 5) is 0. The Hall–Kier alpha value is -0.930. The fourth-order valence-corrected chi connectivity index (χ4v) is 2.96. The molecule has 1 aromatic rings. The van der Waals surface area contributed by atoms with Crippen molar-refractivity contribution in [2.75, 3.05) is 13.2 Å². The Morgan fingerprint density at radius 2 is 1.95 bits per heavy atom. The van der Waals surface area contributed by atoms with Crippen molar-refractivity contribution in [3.63, 3.8) is 0 Å². The van der Waals surface area contributed by atoms with E-state index in [0.717, 1.165) is 17.9 Å². The van der Waals surface area contributed by atoms with Gasteiger partial charge in [0.25, 0.3) is 0 Å². The SMILES string of the molecule is CCCCC(CCC)NCc1cc(Cl)c2c(c1)OCCO2. The lowest BCUT2D eigenvalue weighted by atomic mass is 10.0. The zero-order chi connectivity index (χ0) is 15.1. The number of fused-ring (bicyclic) bond motifs is 1. The van der Waals surface area contributed by atoms with E-state index in [1.54, 1.807) is 0 Å². The van der Waals surface area contributed by atoms with Crippen LogP contribution in [-0.4, -0.2) is 19.3 Å². The van der Waals surface area contributed by atoms with Crippen LogP contribution in [0.4, 0.5) is 0 Å². The van der Waals surface area contributed by atoms with Crippen molar-refractivity contribution in [1.29, 1.82) is 0 Å². The van der Waals surface area contributed by atoms with E-state index in [1.807, 2.05) is 12.1 Å². The maximum absolute atomic E-state index is 6.27. The second-order valence-electron chi connectivity index (χ2n) is 5.61. The summed E-state index contributed by atoms with van der Waals surface area (Å²) in [6.45, 7) is 6.46. The molecule has 4 heteroatoms. The molecule has 1 aromatic carbocycles. The van der Waals surface area contributed by atoms with Crippen LogP contribution in [0.25, 0.3) is 0 Å². The topological polar surface area (TPSA) is 30.5 Å². The number of halogens is 1. The number of benzene rings is 1. The lowest BCUT2D eigenvalue weighted by Gasteiger charge is -2.22. The maximum atomic E-state index is 6.27. The molecule has 1 aliphatic rings. The van der Waals surface area contributed by atoms with Crippen LogP contribution in [0, 0.1) is 0 Å². The minimum Gasteiger partial charge on any atom is -0.486 e. The third-order valence-electron chi connectivity index (χ3n) is 3.79. The molecule has 0 saturated heterocycles. The van der Waals surface area contributed by atoms with E-state index in [2.05, 4.69) is 19.2 Å². The smallest absolute Gasteiger partial charge is 0.179 e. The lowest BCUT2D eigenvalue weighted by Crippen LogP contribution is -2.28. The van der Waals surface area contributed by atoms with Crippen LogP contribution in [0.5, 0.6) is 11.5 Å². The van der Waals surface area contributed by atoms with Crippen LogP contribution < -0.4 is 14.8 Å². The first-order chi connectivity index (χ1) is 10.2. The van der Waals surface area contributed by atoms with Crippen LogP contribution >= 0.6 is 11.6 Å². The summed E-state index contributed by atoms with van der Waals surface area (Å²) in [5.41, 5.74) is 1.15. The number of hydrogen-bond acceptors (Lipinski definition) is 3. The van der Waals surface area contributed by atoms with Crippen LogP contribution in [0.3, 0.4) is 0 Å². The molecule has 0 radical (unpaired) electrons. The Labute approximate surface area is 133 Å². The molecular formula is C17H26ClNO2. The van der Waals surface area contributed by atoms with Gasteiger partial charge in [-0.05, 0) is 30.5 Å². The van der Waals surface area contributed by atoms with Crippen molar-refractivity contribution in [3.05, 3.63) is 22.7 Å². The minimum atomic E-state index is 0.569. The normalized spacial score (nSPS) is 15.0. The van der Waals surface area contributed by atoms with Gasteiger partial charge in [0.15, 0.2) is 11.5 Å². The molecule has 0 saturated carbocycles. The molecule has 0 fully saturated rings. The summed E-state index contributed by atoms with van der Waals surface area (Å²) in [5, 5.41) is 4.29. The number of hydrogen-bond donors (Lipinski definition) is 1. The average Bonchev–Trinajstić information content (AvgIpc) is 2.50. The first-order valence-corrected chi connectivity index (χ1v) is 8.43. The molecule has 0 amide bonds. The molecule has 0 spiro atoms. The van der Waals surface area contributed by atoms with Gasteiger partial charge < -0.3 is 14.8 Å². The summed E-state index contributed by atoms with van der Waals surface area (Å²) in [5.74, 6) is 1.45. The van der Waals surface area contributed by atoms with E-state index < -0.39 is 0 Å². The van der Waals surface area contributed by atoms with Gasteiger partial charge in [-0.25, -0.2) is 0 Å². The molecule has 1 atom stereocenters. The quantitative estimate of drug-likeness (QED) is 0.763. The fraction of sp³-hybridized carbons (Fsp3) is 0.647. The van der Waals surface area contributed by atoms with Gasteiger partial charge in [-0.3, -0.25) is 0 Å². The lowest BCUT2D eigenvalue weighted by molar-refractivity contribution is 0.171. The van der Waals surface area contributed by atoms with Gasteiger partial charge in [0.1, 0.15) is 13.2 Å². The Morgan fingerprint density at radius 1 is 1.14 bits per heavy atom. The highest BCUT2D eigenvalue weighted by molar-refractivity contribution is 6.32. The Kier molecular flexibility index (Phi) is 6.65. The highest BCUT2D eigenvalue weighted by Crippen LogP contribution is 2.38. The van der Waals surface area contributed by atoms with Crippen LogP contribution in [0.15, 0.2) is 12.1 Å². The monoisotopic (exact) mass is 311 g/mol. The summed E-state index contributed by atoms with van der Waals surface area (Å²) in [7, 11) is 0. The van der Waals surface area contributed by atoms with Crippen molar-refractivity contribution in [2.24, 2.45) is 0 Å². The number of ether oxygens (including phenoxy) is 2. The van der Waals surface area contributed by atoms with E-state index in [-0.39, 0.29) is 0 Å². The predicted octanol–water partition coefficient (Wildman–Crippen LogP) is 4.56. The average molecular weight is 312 g/mol. The third-order valence-corrected chi connectivity index (χ3v) is 4.08. The van der Waals surface area contributed by atoms with E-state index in [0.29, 0.717) is 30.0 Å². The van der Waals surface area contributed by atoms with Crippen molar-refractivity contribution >= 4 is 11.6 Å². The molecule has 21 heavy (non-hydrogen) atoms. The summed E-state index contributed by atoms with van der Waals surface area (Å²) in [6, 6.07) is 4.60. The van der Waals surface area contributed by atoms with Gasteiger partial charge in [-0.1, -0.05) is 44.7 Å². The Bertz CT molecular complexity index is 451. The Morgan fingerprint density at radius 3 is 2.71 bits per heavy atom. The van der Waals surface area contributed by atoms with Gasteiger partial charge in [0, 0.05) is 12.6 Å². The third kappa shape index (κ3) is 4.79. The molecule has 118 valence electrons. The van der Waals surface area contributed by atoms with Crippen molar-refractivity contribution in [1.82, 2.24) is 5.32 Å². The van der Waals surface area contributed by atoms with Gasteiger partial charge >= 0.3 is 0 Å². The molecule has 1 heterocycles. The van der Waals surface area contributed by atoms with Gasteiger partial charge in [-0.15, -0.1) is 0 Å². The predicted molar refractivity (Wildman–Crippen MR) is 87.5 cm³/mol. The van der Waals surface area contributed by atoms with Crippen molar-refractivity contribution in [2.45, 2.75) is 58.5 Å². The zero-order valence-electron chi connectivity index (χ0n) is 13.1. The molecule has 0 aromatic heterocycles. The molecule has 1 unspecified atom stereocenters. The van der Waals surface area contributed by atoms with Crippen LogP contribution in [0.1, 0.15) is 51.5 Å². The van der Waals surface area contributed by atoms with E-state index in [4.69, 9.17) is 21.1 Å². The fourth-order valence-electron chi connectivity index (χ4n) is 2.68. The van der Waals surface area contributed by atoms with Crippen molar-refractivity contribution in [3.8, 4) is 11.5 Å². The second-order valence-corrected chi connectivity index (χ2v) is 6.02. The van der Waals surface area contributed by atoms with E-state index >= 15 is 0 Å². The molecule has 2 rings (SSSR count). The first kappa shape index (κ1) is 16.4. The molecule has 3 nitrogen and oxygen atoms in total. The summed E-state index contributed by atoms with van der Waals surface area (Å²) >= 11 is 6.27. The molecule has 0 bridgehead atoms. The van der Waals surface area contributed by atoms with E-state index in [9.17, 15) is 0 Å². The first-order valence-electron chi connectivity index (χ1n) is 8.06. The molecular weight excluding hydrogens is 286 g/mol. The number of rotatable bonds is 8.